The van der Waals surface area contributed by atoms with Crippen molar-refractivity contribution in [2.24, 2.45) is 0 Å². The van der Waals surface area contributed by atoms with Crippen LogP contribution < -0.4 is 0 Å². The summed E-state index contributed by atoms with van der Waals surface area (Å²) in [5.41, 5.74) is 5.19. The minimum Gasteiger partial charge on any atom is -0.0587 e. The van der Waals surface area contributed by atoms with E-state index in [9.17, 15) is 0 Å². The molecular formula is C20H26. The monoisotopic (exact) mass is 266 g/mol. The molecule has 2 aromatic carbocycles. The van der Waals surface area contributed by atoms with Gasteiger partial charge in [-0.15, -0.1) is 0 Å². The molecule has 0 amide bonds. The summed E-state index contributed by atoms with van der Waals surface area (Å²) in [4.78, 5) is 0. The van der Waals surface area contributed by atoms with Crippen molar-refractivity contribution in [2.45, 2.75) is 52.4 Å². The van der Waals surface area contributed by atoms with Crippen molar-refractivity contribution >= 4 is 0 Å². The van der Waals surface area contributed by atoms with Crippen LogP contribution in [0.3, 0.4) is 0 Å². The van der Waals surface area contributed by atoms with Gasteiger partial charge in [0.1, 0.15) is 0 Å². The first-order valence-corrected chi connectivity index (χ1v) is 7.89. The first-order valence-electron chi connectivity index (χ1n) is 7.89. The second-order valence-corrected chi connectivity index (χ2v) is 5.85. The predicted octanol–water partition coefficient (Wildman–Crippen LogP) is 6.31. The number of hydrogen-bond acceptors (Lipinski definition) is 0. The van der Waals surface area contributed by atoms with E-state index >= 15 is 0 Å². The van der Waals surface area contributed by atoms with E-state index in [2.05, 4.69) is 62.4 Å². The molecule has 1 saturated carbocycles. The van der Waals surface area contributed by atoms with Crippen LogP contribution in [0.4, 0.5) is 0 Å². The molecule has 1 aliphatic carbocycles. The molecule has 1 fully saturated rings. The molecule has 20 heavy (non-hydrogen) atoms. The van der Waals surface area contributed by atoms with Gasteiger partial charge in [0.15, 0.2) is 0 Å². The number of benzene rings is 2. The molecule has 0 N–H and O–H groups in total. The minimum absolute atomic E-state index is 1.29. The Bertz CT molecular complexity index is 432. The molecule has 0 bridgehead atoms. The van der Waals surface area contributed by atoms with Gasteiger partial charge in [-0.05, 0) is 25.0 Å². The molecule has 106 valence electrons. The van der Waals surface area contributed by atoms with E-state index in [0.717, 1.165) is 0 Å². The van der Waals surface area contributed by atoms with Crippen molar-refractivity contribution in [1.82, 2.24) is 0 Å². The summed E-state index contributed by atoms with van der Waals surface area (Å²) in [5, 5.41) is 0. The van der Waals surface area contributed by atoms with E-state index in [-0.39, 0.29) is 0 Å². The van der Waals surface area contributed by atoms with Crippen molar-refractivity contribution in [1.29, 1.82) is 0 Å². The summed E-state index contributed by atoms with van der Waals surface area (Å²) in [6.07, 6.45) is 9.00. The highest BCUT2D eigenvalue weighted by molar-refractivity contribution is 5.63. The molecule has 1 aliphatic rings. The van der Waals surface area contributed by atoms with Gasteiger partial charge >= 0.3 is 0 Å². The summed E-state index contributed by atoms with van der Waals surface area (Å²) in [6.45, 7) is 4.22. The van der Waals surface area contributed by atoms with E-state index in [1.165, 1.54) is 60.8 Å². The molecule has 0 saturated heterocycles. The molecular weight excluding hydrogens is 240 g/mol. The molecule has 0 heteroatoms. The van der Waals surface area contributed by atoms with E-state index in [4.69, 9.17) is 0 Å². The van der Waals surface area contributed by atoms with Crippen LogP contribution >= 0.6 is 0 Å². The summed E-state index contributed by atoms with van der Waals surface area (Å²) in [5.74, 6) is 0. The van der Waals surface area contributed by atoms with Crippen molar-refractivity contribution in [2.75, 3.05) is 0 Å². The molecule has 0 spiro atoms. The van der Waals surface area contributed by atoms with Crippen LogP contribution in [0.25, 0.3) is 11.1 Å². The minimum atomic E-state index is 1.29. The summed E-state index contributed by atoms with van der Waals surface area (Å²) >= 11 is 0. The average molecular weight is 266 g/mol. The van der Waals surface area contributed by atoms with Crippen molar-refractivity contribution < 1.29 is 0 Å². The maximum absolute atomic E-state index is 2.17. The lowest BCUT2D eigenvalue weighted by molar-refractivity contribution is 0.504. The first kappa shape index (κ1) is 14.8. The molecule has 0 aromatic heterocycles. The molecule has 2 aromatic rings. The second kappa shape index (κ2) is 7.89. The standard InChI is InChI=1S/C14H14.C6H12/c1-11-3-7-13(8-4-11)14-9-5-12(2)6-10-14;1-2-4-6-5-3-1/h3-10H,1-2H3;1-6H2. The highest BCUT2D eigenvalue weighted by atomic mass is 14.0. The van der Waals surface area contributed by atoms with Crippen molar-refractivity contribution in [3.8, 4) is 11.1 Å². The topological polar surface area (TPSA) is 0 Å². The van der Waals surface area contributed by atoms with Crippen molar-refractivity contribution in [3.05, 3.63) is 59.7 Å². The Morgan fingerprint density at radius 2 is 0.700 bits per heavy atom. The maximum atomic E-state index is 2.17. The Labute approximate surface area is 123 Å². The van der Waals surface area contributed by atoms with Crippen LogP contribution in [0.15, 0.2) is 48.5 Å². The van der Waals surface area contributed by atoms with Crippen LogP contribution in [-0.2, 0) is 0 Å². The average Bonchev–Trinajstić information content (AvgIpc) is 2.51. The van der Waals surface area contributed by atoms with E-state index < -0.39 is 0 Å². The van der Waals surface area contributed by atoms with Crippen LogP contribution in [0.1, 0.15) is 49.7 Å². The third-order valence-corrected chi connectivity index (χ3v) is 3.94. The quantitative estimate of drug-likeness (QED) is 0.567. The Morgan fingerprint density at radius 3 is 0.950 bits per heavy atom. The molecule has 0 heterocycles. The maximum Gasteiger partial charge on any atom is -0.0184 e. The Morgan fingerprint density at radius 1 is 0.450 bits per heavy atom. The SMILES string of the molecule is C1CCCCC1.Cc1ccc(-c2ccc(C)cc2)cc1. The predicted molar refractivity (Wildman–Crippen MR) is 89.1 cm³/mol. The summed E-state index contributed by atoms with van der Waals surface area (Å²) in [6, 6.07) is 17.3. The second-order valence-electron chi connectivity index (χ2n) is 5.85. The van der Waals surface area contributed by atoms with Gasteiger partial charge in [-0.2, -0.15) is 0 Å². The van der Waals surface area contributed by atoms with Crippen LogP contribution in [0, 0.1) is 13.8 Å². The number of rotatable bonds is 1. The van der Waals surface area contributed by atoms with Gasteiger partial charge in [-0.1, -0.05) is 98.2 Å². The third-order valence-electron chi connectivity index (χ3n) is 3.94. The van der Waals surface area contributed by atoms with Gasteiger partial charge in [-0.25, -0.2) is 0 Å². The normalized spacial score (nSPS) is 14.3. The Kier molecular flexibility index (Phi) is 5.86. The van der Waals surface area contributed by atoms with Gasteiger partial charge in [0.05, 0.1) is 0 Å². The Balaban J connectivity index is 0.000000205. The van der Waals surface area contributed by atoms with Crippen molar-refractivity contribution in [3.63, 3.8) is 0 Å². The Hall–Kier alpha value is -1.56. The number of aryl methyl sites for hydroxylation is 2. The summed E-state index contributed by atoms with van der Waals surface area (Å²) in [7, 11) is 0. The van der Waals surface area contributed by atoms with Crippen LogP contribution in [0.2, 0.25) is 0 Å². The van der Waals surface area contributed by atoms with Gasteiger partial charge < -0.3 is 0 Å². The van der Waals surface area contributed by atoms with Crippen LogP contribution in [0.5, 0.6) is 0 Å². The lowest BCUT2D eigenvalue weighted by Gasteiger charge is -2.05. The number of hydrogen-bond donors (Lipinski definition) is 0. The van der Waals surface area contributed by atoms with E-state index in [0.29, 0.717) is 0 Å². The molecule has 0 radical (unpaired) electrons. The highest BCUT2D eigenvalue weighted by Crippen LogP contribution is 2.19. The van der Waals surface area contributed by atoms with E-state index in [1.54, 1.807) is 0 Å². The third kappa shape index (κ3) is 4.85. The highest BCUT2D eigenvalue weighted by Gasteiger charge is 1.96. The van der Waals surface area contributed by atoms with Gasteiger partial charge in [-0.3, -0.25) is 0 Å². The lowest BCUT2D eigenvalue weighted by Crippen LogP contribution is -1.85. The lowest BCUT2D eigenvalue weighted by atomic mass is 10.0. The fourth-order valence-electron chi connectivity index (χ4n) is 2.55. The fourth-order valence-corrected chi connectivity index (χ4v) is 2.55. The van der Waals surface area contributed by atoms with Gasteiger partial charge in [0, 0.05) is 0 Å². The largest absolute Gasteiger partial charge is 0.0587 e. The first-order chi connectivity index (χ1) is 9.75. The van der Waals surface area contributed by atoms with Crippen LogP contribution in [-0.4, -0.2) is 0 Å². The molecule has 0 atom stereocenters. The zero-order valence-corrected chi connectivity index (χ0v) is 12.9. The van der Waals surface area contributed by atoms with Gasteiger partial charge in [0.25, 0.3) is 0 Å². The molecule has 0 nitrogen and oxygen atoms in total. The molecule has 3 rings (SSSR count). The summed E-state index contributed by atoms with van der Waals surface area (Å²) < 4.78 is 0. The zero-order chi connectivity index (χ0) is 14.2. The smallest absolute Gasteiger partial charge is 0.0184 e. The molecule has 0 unspecified atom stereocenters. The van der Waals surface area contributed by atoms with Gasteiger partial charge in [0.2, 0.25) is 0 Å². The zero-order valence-electron chi connectivity index (χ0n) is 12.9. The molecule has 0 aliphatic heterocycles. The fraction of sp³-hybridized carbons (Fsp3) is 0.400. The van der Waals surface area contributed by atoms with E-state index in [1.807, 2.05) is 0 Å².